The SMILES string of the molecule is CCc1ccc(Oc2ncc(F)cc2CCl)c(OC)c1. The second kappa shape index (κ2) is 6.57. The van der Waals surface area contributed by atoms with Crippen LogP contribution in [0.15, 0.2) is 30.5 Å². The van der Waals surface area contributed by atoms with Gasteiger partial charge in [0.1, 0.15) is 5.82 Å². The number of hydrogen-bond donors (Lipinski definition) is 0. The van der Waals surface area contributed by atoms with Crippen LogP contribution in [0.4, 0.5) is 4.39 Å². The van der Waals surface area contributed by atoms with Crippen LogP contribution in [0.2, 0.25) is 0 Å². The zero-order valence-corrected chi connectivity index (χ0v) is 12.1. The quantitative estimate of drug-likeness (QED) is 0.770. The van der Waals surface area contributed by atoms with Gasteiger partial charge < -0.3 is 9.47 Å². The lowest BCUT2D eigenvalue weighted by molar-refractivity contribution is 0.372. The van der Waals surface area contributed by atoms with E-state index >= 15 is 0 Å². The van der Waals surface area contributed by atoms with Crippen molar-refractivity contribution in [2.75, 3.05) is 7.11 Å². The highest BCUT2D eigenvalue weighted by Crippen LogP contribution is 2.33. The first-order chi connectivity index (χ1) is 9.67. The van der Waals surface area contributed by atoms with Crippen molar-refractivity contribution in [2.45, 2.75) is 19.2 Å². The van der Waals surface area contributed by atoms with Crippen LogP contribution in [0.25, 0.3) is 0 Å². The first-order valence-corrected chi connectivity index (χ1v) is 6.76. The van der Waals surface area contributed by atoms with Crippen molar-refractivity contribution in [3.8, 4) is 17.4 Å². The number of aromatic nitrogens is 1. The molecule has 0 atom stereocenters. The number of nitrogens with zero attached hydrogens (tertiary/aromatic N) is 1. The molecular formula is C15H15ClFNO2. The van der Waals surface area contributed by atoms with Gasteiger partial charge in [-0.1, -0.05) is 13.0 Å². The molecule has 0 saturated carbocycles. The number of halogens is 2. The molecule has 5 heteroatoms. The molecule has 0 amide bonds. The van der Waals surface area contributed by atoms with E-state index in [2.05, 4.69) is 11.9 Å². The Labute approximate surface area is 122 Å². The lowest BCUT2D eigenvalue weighted by atomic mass is 10.1. The maximum Gasteiger partial charge on any atom is 0.224 e. The summed E-state index contributed by atoms with van der Waals surface area (Å²) in [5.74, 6) is 1.09. The first kappa shape index (κ1) is 14.6. The van der Waals surface area contributed by atoms with E-state index in [4.69, 9.17) is 21.1 Å². The monoisotopic (exact) mass is 295 g/mol. The van der Waals surface area contributed by atoms with Crippen LogP contribution in [0.3, 0.4) is 0 Å². The fourth-order valence-electron chi connectivity index (χ4n) is 1.78. The molecule has 20 heavy (non-hydrogen) atoms. The van der Waals surface area contributed by atoms with E-state index in [1.807, 2.05) is 12.1 Å². The smallest absolute Gasteiger partial charge is 0.224 e. The summed E-state index contributed by atoms with van der Waals surface area (Å²) in [6.07, 6.45) is 2.00. The van der Waals surface area contributed by atoms with E-state index in [-0.39, 0.29) is 11.8 Å². The van der Waals surface area contributed by atoms with Crippen LogP contribution in [-0.4, -0.2) is 12.1 Å². The van der Waals surface area contributed by atoms with Gasteiger partial charge in [-0.3, -0.25) is 0 Å². The average Bonchev–Trinajstić information content (AvgIpc) is 2.49. The fraction of sp³-hybridized carbons (Fsp3) is 0.267. The Balaban J connectivity index is 2.34. The number of pyridine rings is 1. The lowest BCUT2D eigenvalue weighted by Gasteiger charge is -2.12. The number of methoxy groups -OCH3 is 1. The Bertz CT molecular complexity index is 604. The molecule has 0 N–H and O–H groups in total. The predicted octanol–water partition coefficient (Wildman–Crippen LogP) is 4.32. The molecule has 0 aliphatic rings. The largest absolute Gasteiger partial charge is 0.493 e. The maximum absolute atomic E-state index is 13.1. The Hall–Kier alpha value is -1.81. The minimum atomic E-state index is -0.443. The van der Waals surface area contributed by atoms with Gasteiger partial charge in [-0.15, -0.1) is 11.6 Å². The summed E-state index contributed by atoms with van der Waals surface area (Å²) in [5.41, 5.74) is 1.63. The van der Waals surface area contributed by atoms with Crippen LogP contribution in [0.1, 0.15) is 18.1 Å². The average molecular weight is 296 g/mol. The van der Waals surface area contributed by atoms with Gasteiger partial charge in [-0.2, -0.15) is 0 Å². The van der Waals surface area contributed by atoms with Crippen LogP contribution >= 0.6 is 11.6 Å². The number of ether oxygens (including phenoxy) is 2. The zero-order chi connectivity index (χ0) is 14.5. The van der Waals surface area contributed by atoms with Gasteiger partial charge in [0.2, 0.25) is 5.88 Å². The molecule has 2 rings (SSSR count). The number of aryl methyl sites for hydroxylation is 1. The summed E-state index contributed by atoms with van der Waals surface area (Å²) < 4.78 is 24.1. The van der Waals surface area contributed by atoms with Crippen LogP contribution in [-0.2, 0) is 12.3 Å². The summed E-state index contributed by atoms with van der Waals surface area (Å²) in [5, 5.41) is 0. The van der Waals surface area contributed by atoms with E-state index in [0.29, 0.717) is 17.1 Å². The molecule has 0 aliphatic carbocycles. The highest BCUT2D eigenvalue weighted by Gasteiger charge is 2.11. The van der Waals surface area contributed by atoms with Crippen LogP contribution in [0, 0.1) is 5.82 Å². The van der Waals surface area contributed by atoms with Crippen molar-refractivity contribution in [1.29, 1.82) is 0 Å². The van der Waals surface area contributed by atoms with E-state index in [0.717, 1.165) is 18.2 Å². The molecule has 1 heterocycles. The summed E-state index contributed by atoms with van der Waals surface area (Å²) in [4.78, 5) is 3.93. The van der Waals surface area contributed by atoms with Gasteiger partial charge in [-0.05, 0) is 30.2 Å². The van der Waals surface area contributed by atoms with Crippen molar-refractivity contribution in [3.63, 3.8) is 0 Å². The molecule has 106 valence electrons. The second-order valence-electron chi connectivity index (χ2n) is 4.19. The Morgan fingerprint density at radius 1 is 1.25 bits per heavy atom. The highest BCUT2D eigenvalue weighted by molar-refractivity contribution is 6.17. The molecule has 1 aromatic heterocycles. The van der Waals surface area contributed by atoms with Gasteiger partial charge in [0, 0.05) is 5.56 Å². The molecule has 3 nitrogen and oxygen atoms in total. The van der Waals surface area contributed by atoms with Crippen molar-refractivity contribution in [2.24, 2.45) is 0 Å². The first-order valence-electron chi connectivity index (χ1n) is 6.23. The van der Waals surface area contributed by atoms with Crippen LogP contribution in [0.5, 0.6) is 17.4 Å². The Morgan fingerprint density at radius 3 is 2.70 bits per heavy atom. The lowest BCUT2D eigenvalue weighted by Crippen LogP contribution is -1.97. The van der Waals surface area contributed by atoms with Gasteiger partial charge in [-0.25, -0.2) is 9.37 Å². The minimum Gasteiger partial charge on any atom is -0.493 e. The highest BCUT2D eigenvalue weighted by atomic mass is 35.5. The molecule has 2 aromatic rings. The van der Waals surface area contributed by atoms with E-state index in [1.54, 1.807) is 13.2 Å². The molecule has 1 aromatic carbocycles. The Morgan fingerprint density at radius 2 is 2.05 bits per heavy atom. The molecule has 0 radical (unpaired) electrons. The number of alkyl halides is 1. The summed E-state index contributed by atoms with van der Waals surface area (Å²) >= 11 is 5.77. The molecule has 0 spiro atoms. The number of benzene rings is 1. The molecule has 0 saturated heterocycles. The fourth-order valence-corrected chi connectivity index (χ4v) is 1.97. The van der Waals surface area contributed by atoms with E-state index < -0.39 is 5.82 Å². The summed E-state index contributed by atoms with van der Waals surface area (Å²) in [6.45, 7) is 2.06. The predicted molar refractivity (Wildman–Crippen MR) is 76.2 cm³/mol. The molecule has 0 fully saturated rings. The third-order valence-electron chi connectivity index (χ3n) is 2.88. The van der Waals surface area contributed by atoms with E-state index in [9.17, 15) is 4.39 Å². The molecule has 0 aliphatic heterocycles. The van der Waals surface area contributed by atoms with Gasteiger partial charge >= 0.3 is 0 Å². The van der Waals surface area contributed by atoms with Crippen molar-refractivity contribution in [3.05, 3.63) is 47.4 Å². The van der Waals surface area contributed by atoms with Crippen molar-refractivity contribution >= 4 is 11.6 Å². The number of rotatable bonds is 5. The summed E-state index contributed by atoms with van der Waals surface area (Å²) in [6, 6.07) is 6.96. The van der Waals surface area contributed by atoms with Gasteiger partial charge in [0.05, 0.1) is 19.2 Å². The third-order valence-corrected chi connectivity index (χ3v) is 3.17. The van der Waals surface area contributed by atoms with Crippen molar-refractivity contribution < 1.29 is 13.9 Å². The van der Waals surface area contributed by atoms with Gasteiger partial charge in [0.15, 0.2) is 11.5 Å². The normalized spacial score (nSPS) is 10.4. The van der Waals surface area contributed by atoms with Crippen molar-refractivity contribution in [1.82, 2.24) is 4.98 Å². The minimum absolute atomic E-state index is 0.120. The second-order valence-corrected chi connectivity index (χ2v) is 4.46. The molecule has 0 unspecified atom stereocenters. The van der Waals surface area contributed by atoms with Gasteiger partial charge in [0.25, 0.3) is 0 Å². The molecule has 0 bridgehead atoms. The maximum atomic E-state index is 13.1. The standard InChI is InChI=1S/C15H15ClFNO2/c1-3-10-4-5-13(14(6-10)19-2)20-15-11(8-16)7-12(17)9-18-15/h4-7,9H,3,8H2,1-2H3. The topological polar surface area (TPSA) is 31.4 Å². The number of hydrogen-bond acceptors (Lipinski definition) is 3. The third kappa shape index (κ3) is 3.20. The summed E-state index contributed by atoms with van der Waals surface area (Å²) in [7, 11) is 1.57. The zero-order valence-electron chi connectivity index (χ0n) is 11.3. The van der Waals surface area contributed by atoms with Crippen LogP contribution < -0.4 is 9.47 Å². The molecular weight excluding hydrogens is 281 g/mol. The van der Waals surface area contributed by atoms with E-state index in [1.165, 1.54) is 6.07 Å². The Kier molecular flexibility index (Phi) is 4.79.